The van der Waals surface area contributed by atoms with Crippen molar-refractivity contribution in [3.63, 3.8) is 0 Å². The van der Waals surface area contributed by atoms with Crippen molar-refractivity contribution in [1.29, 1.82) is 0 Å². The topological polar surface area (TPSA) is 50.1 Å². The second kappa shape index (κ2) is 10.3. The summed E-state index contributed by atoms with van der Waals surface area (Å²) in [5, 5.41) is 0. The highest BCUT2D eigenvalue weighted by Crippen LogP contribution is 2.34. The summed E-state index contributed by atoms with van der Waals surface area (Å²) >= 11 is 0. The van der Waals surface area contributed by atoms with E-state index in [0.29, 0.717) is 5.56 Å². The Bertz CT molecular complexity index is 1160. The molecule has 3 aromatic heterocycles. The van der Waals surface area contributed by atoms with Crippen LogP contribution in [-0.4, -0.2) is 64.0 Å². The fraction of sp³-hybridized carbons (Fsp3) is 0.500. The molecule has 4 heterocycles. The third-order valence-electron chi connectivity index (χ3n) is 7.10. The van der Waals surface area contributed by atoms with Crippen molar-refractivity contribution in [3.8, 4) is 11.1 Å². The van der Waals surface area contributed by atoms with Gasteiger partial charge in [-0.2, -0.15) is 0 Å². The molecule has 1 atom stereocenters. The molecule has 6 nitrogen and oxygen atoms in total. The van der Waals surface area contributed by atoms with Gasteiger partial charge >= 0.3 is 5.97 Å². The van der Waals surface area contributed by atoms with Crippen LogP contribution in [0.3, 0.4) is 0 Å². The Morgan fingerprint density at radius 3 is 2.47 bits per heavy atom. The van der Waals surface area contributed by atoms with Crippen molar-refractivity contribution in [2.24, 2.45) is 0 Å². The standard InChI is InChI=1S/C28H38N4O2/c1-7-23-17-22(9-11-29-23)24-10-12-32-26(24)18-25(28(33)34-19(3)4)20(5)27(32)21(6)31-15-13-30(8-2)14-16-31/h9-12,17-19,21H,7-8,13-16H2,1-6H3. The summed E-state index contributed by atoms with van der Waals surface area (Å²) in [6.07, 6.45) is 4.74. The van der Waals surface area contributed by atoms with Crippen LogP contribution in [0.25, 0.3) is 16.6 Å². The van der Waals surface area contributed by atoms with E-state index in [1.165, 1.54) is 0 Å². The summed E-state index contributed by atoms with van der Waals surface area (Å²) in [7, 11) is 0. The number of hydrogen-bond acceptors (Lipinski definition) is 5. The number of carbonyl (C=O) groups is 1. The molecule has 1 unspecified atom stereocenters. The van der Waals surface area contributed by atoms with E-state index in [2.05, 4.69) is 65.2 Å². The molecule has 0 aliphatic carbocycles. The minimum absolute atomic E-state index is 0.162. The lowest BCUT2D eigenvalue weighted by atomic mass is 9.99. The molecule has 0 amide bonds. The minimum atomic E-state index is -0.254. The molecule has 34 heavy (non-hydrogen) atoms. The number of likely N-dealkylation sites (N-methyl/N-ethyl adjacent to an activating group) is 1. The molecule has 0 saturated carbocycles. The van der Waals surface area contributed by atoms with Crippen LogP contribution >= 0.6 is 0 Å². The van der Waals surface area contributed by atoms with E-state index < -0.39 is 0 Å². The van der Waals surface area contributed by atoms with Gasteiger partial charge in [0.15, 0.2) is 0 Å². The number of pyridine rings is 2. The largest absolute Gasteiger partial charge is 0.459 e. The Morgan fingerprint density at radius 2 is 1.82 bits per heavy atom. The second-order valence-electron chi connectivity index (χ2n) is 9.54. The highest BCUT2D eigenvalue weighted by Gasteiger charge is 2.27. The van der Waals surface area contributed by atoms with Gasteiger partial charge in [0.25, 0.3) is 0 Å². The van der Waals surface area contributed by atoms with Crippen LogP contribution in [0.2, 0.25) is 0 Å². The maximum absolute atomic E-state index is 13.2. The van der Waals surface area contributed by atoms with Crippen molar-refractivity contribution in [2.45, 2.75) is 60.1 Å². The van der Waals surface area contributed by atoms with Crippen molar-refractivity contribution in [2.75, 3.05) is 32.7 Å². The molecule has 0 aromatic carbocycles. The van der Waals surface area contributed by atoms with E-state index in [0.717, 1.165) is 72.7 Å². The van der Waals surface area contributed by atoms with Crippen LogP contribution in [0.15, 0.2) is 36.7 Å². The summed E-state index contributed by atoms with van der Waals surface area (Å²) < 4.78 is 7.93. The zero-order valence-corrected chi connectivity index (χ0v) is 21.5. The molecule has 0 radical (unpaired) electrons. The third-order valence-corrected chi connectivity index (χ3v) is 7.10. The average Bonchev–Trinajstić information content (AvgIpc) is 3.26. The molecule has 0 N–H and O–H groups in total. The summed E-state index contributed by atoms with van der Waals surface area (Å²) in [6.45, 7) is 17.7. The van der Waals surface area contributed by atoms with Gasteiger partial charge in [-0.1, -0.05) is 13.8 Å². The number of carbonyl (C=O) groups excluding carboxylic acids is 1. The number of aromatic nitrogens is 2. The van der Waals surface area contributed by atoms with E-state index in [4.69, 9.17) is 4.74 Å². The van der Waals surface area contributed by atoms with Crippen LogP contribution in [0.4, 0.5) is 0 Å². The molecule has 3 aromatic rings. The molecule has 4 rings (SSSR count). The Labute approximate surface area is 203 Å². The van der Waals surface area contributed by atoms with Gasteiger partial charge in [-0.25, -0.2) is 4.79 Å². The van der Waals surface area contributed by atoms with Crippen molar-refractivity contribution >= 4 is 11.5 Å². The molecule has 1 aliphatic rings. The Hall–Kier alpha value is -2.70. The monoisotopic (exact) mass is 462 g/mol. The van der Waals surface area contributed by atoms with Gasteiger partial charge in [0.2, 0.25) is 0 Å². The summed E-state index contributed by atoms with van der Waals surface area (Å²) in [5.41, 5.74) is 7.13. The molecule has 1 fully saturated rings. The smallest absolute Gasteiger partial charge is 0.338 e. The SMILES string of the molecule is CCc1cc(-c2ccn3c(C(C)N4CCN(CC)CC4)c(C)c(C(=O)OC(C)C)cc23)ccn1. The van der Waals surface area contributed by atoms with Crippen molar-refractivity contribution in [3.05, 3.63) is 59.2 Å². The molecular formula is C28H38N4O2. The number of ether oxygens (including phenoxy) is 1. The first-order valence-corrected chi connectivity index (χ1v) is 12.6. The predicted molar refractivity (Wildman–Crippen MR) is 137 cm³/mol. The maximum atomic E-state index is 13.2. The Kier molecular flexibility index (Phi) is 7.39. The number of nitrogens with zero attached hydrogens (tertiary/aromatic N) is 4. The normalized spacial score (nSPS) is 16.3. The maximum Gasteiger partial charge on any atom is 0.338 e. The summed E-state index contributed by atoms with van der Waals surface area (Å²) in [4.78, 5) is 22.7. The highest BCUT2D eigenvalue weighted by molar-refractivity contribution is 5.95. The molecule has 1 aliphatic heterocycles. The van der Waals surface area contributed by atoms with Crippen LogP contribution in [-0.2, 0) is 11.2 Å². The van der Waals surface area contributed by atoms with E-state index >= 15 is 0 Å². The molecule has 0 spiro atoms. The van der Waals surface area contributed by atoms with Gasteiger partial charge < -0.3 is 14.0 Å². The number of aryl methyl sites for hydroxylation is 1. The highest BCUT2D eigenvalue weighted by atomic mass is 16.5. The van der Waals surface area contributed by atoms with Crippen molar-refractivity contribution in [1.82, 2.24) is 19.2 Å². The zero-order chi connectivity index (χ0) is 24.4. The van der Waals surface area contributed by atoms with E-state index in [1.807, 2.05) is 32.2 Å². The number of piperazine rings is 1. The molecular weight excluding hydrogens is 424 g/mol. The molecule has 182 valence electrons. The predicted octanol–water partition coefficient (Wildman–Crippen LogP) is 5.14. The first-order valence-electron chi connectivity index (χ1n) is 12.6. The number of fused-ring (bicyclic) bond motifs is 1. The summed E-state index contributed by atoms with van der Waals surface area (Å²) in [6, 6.07) is 8.54. The second-order valence-corrected chi connectivity index (χ2v) is 9.54. The van der Waals surface area contributed by atoms with Crippen LogP contribution < -0.4 is 0 Å². The van der Waals surface area contributed by atoms with Gasteiger partial charge in [-0.3, -0.25) is 9.88 Å². The number of rotatable bonds is 7. The molecule has 1 saturated heterocycles. The van der Waals surface area contributed by atoms with Crippen LogP contribution in [0.5, 0.6) is 0 Å². The lowest BCUT2D eigenvalue weighted by Crippen LogP contribution is -2.47. The van der Waals surface area contributed by atoms with Crippen LogP contribution in [0.1, 0.15) is 68.0 Å². The first-order chi connectivity index (χ1) is 16.3. The number of hydrogen-bond donors (Lipinski definition) is 0. The van der Waals surface area contributed by atoms with Gasteiger partial charge in [0, 0.05) is 61.6 Å². The van der Waals surface area contributed by atoms with Gasteiger partial charge in [-0.05, 0) is 76.1 Å². The van der Waals surface area contributed by atoms with Gasteiger partial charge in [0.05, 0.1) is 17.2 Å². The Morgan fingerprint density at radius 1 is 1.09 bits per heavy atom. The Balaban J connectivity index is 1.85. The fourth-order valence-corrected chi connectivity index (χ4v) is 5.09. The average molecular weight is 463 g/mol. The third kappa shape index (κ3) is 4.75. The zero-order valence-electron chi connectivity index (χ0n) is 21.5. The quantitative estimate of drug-likeness (QED) is 0.455. The van der Waals surface area contributed by atoms with Crippen LogP contribution in [0, 0.1) is 6.92 Å². The van der Waals surface area contributed by atoms with Gasteiger partial charge in [0.1, 0.15) is 0 Å². The van der Waals surface area contributed by atoms with E-state index in [-0.39, 0.29) is 18.1 Å². The summed E-state index contributed by atoms with van der Waals surface area (Å²) in [5.74, 6) is -0.254. The molecule has 6 heteroatoms. The number of esters is 1. The lowest BCUT2D eigenvalue weighted by molar-refractivity contribution is 0.0376. The van der Waals surface area contributed by atoms with Crippen molar-refractivity contribution < 1.29 is 9.53 Å². The first kappa shape index (κ1) is 24.4. The van der Waals surface area contributed by atoms with E-state index in [1.54, 1.807) is 0 Å². The fourth-order valence-electron chi connectivity index (χ4n) is 5.09. The molecule has 0 bridgehead atoms. The van der Waals surface area contributed by atoms with E-state index in [9.17, 15) is 4.79 Å². The minimum Gasteiger partial charge on any atom is -0.459 e. The lowest BCUT2D eigenvalue weighted by Gasteiger charge is -2.38. The van der Waals surface area contributed by atoms with Gasteiger partial charge in [-0.15, -0.1) is 0 Å².